The van der Waals surface area contributed by atoms with E-state index in [1.807, 2.05) is 18.4 Å². The Labute approximate surface area is 100 Å². The third-order valence-corrected chi connectivity index (χ3v) is 3.95. The van der Waals surface area contributed by atoms with E-state index < -0.39 is 0 Å². The number of halogens is 1. The number of ketones is 1. The predicted molar refractivity (Wildman–Crippen MR) is 63.5 cm³/mol. The van der Waals surface area contributed by atoms with Crippen LogP contribution < -0.4 is 0 Å². The van der Waals surface area contributed by atoms with E-state index in [4.69, 9.17) is 4.42 Å². The number of aryl methyl sites for hydroxylation is 1. The van der Waals surface area contributed by atoms with Crippen molar-refractivity contribution >= 4 is 33.0 Å². The zero-order chi connectivity index (χ0) is 10.8. The molecule has 0 spiro atoms. The fourth-order valence-corrected chi connectivity index (χ4v) is 2.76. The minimum absolute atomic E-state index is 0.0197. The molecule has 78 valence electrons. The van der Waals surface area contributed by atoms with Gasteiger partial charge in [0.05, 0.1) is 0 Å². The Morgan fingerprint density at radius 3 is 2.80 bits per heavy atom. The van der Waals surface area contributed by atoms with Gasteiger partial charge in [-0.1, -0.05) is 0 Å². The maximum absolute atomic E-state index is 11.8. The normalized spacial score (nSPS) is 10.5. The van der Waals surface area contributed by atoms with Gasteiger partial charge in [-0.3, -0.25) is 4.79 Å². The van der Waals surface area contributed by atoms with Crippen LogP contribution in [0.3, 0.4) is 0 Å². The second kappa shape index (κ2) is 4.33. The molecule has 0 aliphatic carbocycles. The minimum Gasteiger partial charge on any atom is -0.458 e. The van der Waals surface area contributed by atoms with Gasteiger partial charge in [-0.15, -0.1) is 11.3 Å². The Hall–Kier alpha value is -0.870. The largest absolute Gasteiger partial charge is 0.458 e. The molecule has 2 rings (SSSR count). The number of furan rings is 1. The average molecular weight is 285 g/mol. The van der Waals surface area contributed by atoms with Crippen LogP contribution in [0.1, 0.15) is 21.2 Å². The Kier molecular flexibility index (Phi) is 3.07. The van der Waals surface area contributed by atoms with Crippen LogP contribution in [0.2, 0.25) is 0 Å². The van der Waals surface area contributed by atoms with Crippen molar-refractivity contribution in [3.63, 3.8) is 0 Å². The van der Waals surface area contributed by atoms with E-state index in [0.717, 1.165) is 15.1 Å². The third-order valence-electron chi connectivity index (χ3n) is 2.03. The average Bonchev–Trinajstić information content (AvgIpc) is 2.77. The van der Waals surface area contributed by atoms with Gasteiger partial charge in [0.25, 0.3) is 0 Å². The molecule has 4 heteroatoms. The van der Waals surface area contributed by atoms with Crippen molar-refractivity contribution in [3.05, 3.63) is 44.4 Å². The van der Waals surface area contributed by atoms with Crippen LogP contribution >= 0.6 is 27.3 Å². The lowest BCUT2D eigenvalue weighted by molar-refractivity contribution is 0.0966. The number of carbonyl (C=O) groups excluding carboxylic acids is 1. The van der Waals surface area contributed by atoms with Gasteiger partial charge in [-0.05, 0) is 46.4 Å². The van der Waals surface area contributed by atoms with E-state index in [-0.39, 0.29) is 5.78 Å². The summed E-state index contributed by atoms with van der Waals surface area (Å²) in [5.41, 5.74) is 0. The smallest absolute Gasteiger partial charge is 0.203 e. The van der Waals surface area contributed by atoms with E-state index in [1.54, 1.807) is 23.5 Å². The van der Waals surface area contributed by atoms with Crippen LogP contribution in [0.25, 0.3) is 0 Å². The van der Waals surface area contributed by atoms with Crippen LogP contribution in [0.15, 0.2) is 32.5 Å². The second-order valence-electron chi connectivity index (χ2n) is 3.20. The Morgan fingerprint density at radius 2 is 2.27 bits per heavy atom. The van der Waals surface area contributed by atoms with Crippen molar-refractivity contribution in [3.8, 4) is 0 Å². The Morgan fingerprint density at radius 1 is 1.47 bits per heavy atom. The number of rotatable bonds is 3. The summed E-state index contributed by atoms with van der Waals surface area (Å²) >= 11 is 4.97. The van der Waals surface area contributed by atoms with Crippen molar-refractivity contribution in [1.29, 1.82) is 0 Å². The summed E-state index contributed by atoms with van der Waals surface area (Å²) in [6.07, 6.45) is 0.394. The third kappa shape index (κ3) is 2.38. The monoisotopic (exact) mass is 284 g/mol. The van der Waals surface area contributed by atoms with E-state index >= 15 is 0 Å². The standard InChI is InChI=1S/C11H9BrO2S/c1-7-2-3-10(14-7)9(13)6-11-8(12)4-5-15-11/h2-5H,6H2,1H3. The van der Waals surface area contributed by atoms with Crippen LogP contribution in [0.5, 0.6) is 0 Å². The molecule has 2 heterocycles. The highest BCUT2D eigenvalue weighted by Gasteiger charge is 2.13. The quantitative estimate of drug-likeness (QED) is 0.802. The number of hydrogen-bond donors (Lipinski definition) is 0. The van der Waals surface area contributed by atoms with Crippen molar-refractivity contribution in [2.45, 2.75) is 13.3 Å². The molecule has 2 nitrogen and oxygen atoms in total. The molecule has 0 saturated heterocycles. The first-order chi connectivity index (χ1) is 7.16. The summed E-state index contributed by atoms with van der Waals surface area (Å²) in [4.78, 5) is 12.8. The van der Waals surface area contributed by atoms with Crippen molar-refractivity contribution in [2.75, 3.05) is 0 Å². The van der Waals surface area contributed by atoms with Crippen LogP contribution in [0.4, 0.5) is 0 Å². The number of thiophene rings is 1. The van der Waals surface area contributed by atoms with E-state index in [2.05, 4.69) is 15.9 Å². The fraction of sp³-hybridized carbons (Fsp3) is 0.182. The zero-order valence-electron chi connectivity index (χ0n) is 8.12. The molecular weight excluding hydrogens is 276 g/mol. The van der Waals surface area contributed by atoms with E-state index in [1.165, 1.54) is 0 Å². The van der Waals surface area contributed by atoms with Crippen molar-refractivity contribution in [1.82, 2.24) is 0 Å². The molecule has 2 aromatic rings. The van der Waals surface area contributed by atoms with Crippen molar-refractivity contribution < 1.29 is 9.21 Å². The number of hydrogen-bond acceptors (Lipinski definition) is 3. The molecule has 0 aromatic carbocycles. The fourth-order valence-electron chi connectivity index (χ4n) is 1.27. The van der Waals surface area contributed by atoms with Crippen LogP contribution in [-0.2, 0) is 6.42 Å². The molecule has 15 heavy (non-hydrogen) atoms. The second-order valence-corrected chi connectivity index (χ2v) is 5.06. The van der Waals surface area contributed by atoms with Gasteiger partial charge in [-0.2, -0.15) is 0 Å². The summed E-state index contributed by atoms with van der Waals surface area (Å²) in [5, 5.41) is 1.96. The van der Waals surface area contributed by atoms with Gasteiger partial charge in [-0.25, -0.2) is 0 Å². The molecule has 0 N–H and O–H groups in total. The molecule has 0 saturated carbocycles. The Bertz CT molecular complexity index is 484. The first-order valence-corrected chi connectivity index (χ1v) is 6.15. The molecular formula is C11H9BrO2S. The lowest BCUT2D eigenvalue weighted by Gasteiger charge is -1.95. The maximum Gasteiger partial charge on any atom is 0.203 e. The molecule has 0 aliphatic rings. The molecule has 2 aromatic heterocycles. The highest BCUT2D eigenvalue weighted by atomic mass is 79.9. The summed E-state index contributed by atoms with van der Waals surface area (Å²) in [5.74, 6) is 1.22. The number of carbonyl (C=O) groups is 1. The van der Waals surface area contributed by atoms with Gasteiger partial charge in [0.15, 0.2) is 5.76 Å². The Balaban J connectivity index is 2.14. The SMILES string of the molecule is Cc1ccc(C(=O)Cc2sccc2Br)o1. The maximum atomic E-state index is 11.8. The molecule has 0 aliphatic heterocycles. The van der Waals surface area contributed by atoms with E-state index in [0.29, 0.717) is 12.2 Å². The summed E-state index contributed by atoms with van der Waals surface area (Å²) in [6.45, 7) is 1.83. The minimum atomic E-state index is 0.0197. The topological polar surface area (TPSA) is 30.2 Å². The first-order valence-electron chi connectivity index (χ1n) is 4.48. The predicted octanol–water partition coefficient (Wildman–Crippen LogP) is 3.84. The highest BCUT2D eigenvalue weighted by molar-refractivity contribution is 9.10. The molecule has 0 bridgehead atoms. The summed E-state index contributed by atoms with van der Waals surface area (Å²) < 4.78 is 6.26. The summed E-state index contributed by atoms with van der Waals surface area (Å²) in [7, 11) is 0. The zero-order valence-corrected chi connectivity index (χ0v) is 10.5. The van der Waals surface area contributed by atoms with E-state index in [9.17, 15) is 4.79 Å². The molecule has 0 unspecified atom stereocenters. The highest BCUT2D eigenvalue weighted by Crippen LogP contribution is 2.24. The van der Waals surface area contributed by atoms with Gasteiger partial charge < -0.3 is 4.42 Å². The molecule has 0 amide bonds. The van der Waals surface area contributed by atoms with Crippen molar-refractivity contribution in [2.24, 2.45) is 0 Å². The van der Waals surface area contributed by atoms with Gasteiger partial charge in [0.2, 0.25) is 5.78 Å². The lowest BCUT2D eigenvalue weighted by atomic mass is 10.2. The summed E-state index contributed by atoms with van der Waals surface area (Å²) in [6, 6.07) is 5.47. The van der Waals surface area contributed by atoms with Gasteiger partial charge in [0, 0.05) is 15.8 Å². The van der Waals surface area contributed by atoms with Crippen LogP contribution in [0, 0.1) is 6.92 Å². The molecule has 0 radical (unpaired) electrons. The van der Waals surface area contributed by atoms with Gasteiger partial charge >= 0.3 is 0 Å². The lowest BCUT2D eigenvalue weighted by Crippen LogP contribution is -2.00. The molecule has 0 atom stereocenters. The van der Waals surface area contributed by atoms with Crippen LogP contribution in [-0.4, -0.2) is 5.78 Å². The van der Waals surface area contributed by atoms with Gasteiger partial charge in [0.1, 0.15) is 5.76 Å². The molecule has 0 fully saturated rings. The first kappa shape index (κ1) is 10.6. The number of Topliss-reactive ketones (excluding diaryl/α,β-unsaturated/α-hetero) is 1.